The Morgan fingerprint density at radius 2 is 1.92 bits per heavy atom. The first kappa shape index (κ1) is 17.2. The number of benzene rings is 1. The van der Waals surface area contributed by atoms with E-state index in [1.54, 1.807) is 26.8 Å². The van der Waals surface area contributed by atoms with Gasteiger partial charge in [0.1, 0.15) is 11.2 Å². The number of aromatic nitrogens is 1. The Morgan fingerprint density at radius 3 is 2.46 bits per heavy atom. The lowest BCUT2D eigenvalue weighted by Gasteiger charge is -2.22. The number of hydrogen-bond donors (Lipinski definition) is 1. The number of carboxylic acid groups (broad SMARTS) is 1. The van der Waals surface area contributed by atoms with Gasteiger partial charge in [-0.05, 0) is 32.9 Å². The van der Waals surface area contributed by atoms with Crippen LogP contribution in [0.3, 0.4) is 0 Å². The normalized spacial score (nSPS) is 11.1. The van der Waals surface area contributed by atoms with Crippen molar-refractivity contribution in [3.63, 3.8) is 0 Å². The lowest BCUT2D eigenvalue weighted by Crippen LogP contribution is -2.39. The van der Waals surface area contributed by atoms with Gasteiger partial charge in [-0.3, -0.25) is 14.9 Å². The fraction of sp³-hybridized carbons (Fsp3) is 0.250. The van der Waals surface area contributed by atoms with Crippen LogP contribution in [0.1, 0.15) is 31.1 Å². The van der Waals surface area contributed by atoms with Gasteiger partial charge in [0.25, 0.3) is 11.2 Å². The van der Waals surface area contributed by atoms with E-state index in [4.69, 9.17) is 4.84 Å². The van der Waals surface area contributed by atoms with E-state index in [1.807, 2.05) is 0 Å². The van der Waals surface area contributed by atoms with Crippen molar-refractivity contribution in [1.82, 2.24) is 4.73 Å². The highest BCUT2D eigenvalue weighted by Gasteiger charge is 2.22. The number of hydrogen-bond acceptors (Lipinski definition) is 5. The molecule has 126 valence electrons. The summed E-state index contributed by atoms with van der Waals surface area (Å²) >= 11 is 0. The number of pyridine rings is 1. The van der Waals surface area contributed by atoms with Crippen molar-refractivity contribution in [3.8, 4) is 11.1 Å². The SMILES string of the molecule is CC(C)(C)On1cc(-c2ccccc2[N+](=O)[O-])cc(C(=O)O)c1=O. The van der Waals surface area contributed by atoms with Crippen LogP contribution in [0.5, 0.6) is 0 Å². The van der Waals surface area contributed by atoms with Crippen molar-refractivity contribution in [2.24, 2.45) is 0 Å². The smallest absolute Gasteiger partial charge is 0.341 e. The van der Waals surface area contributed by atoms with Gasteiger partial charge in [0.05, 0.1) is 16.7 Å². The maximum atomic E-state index is 12.2. The second-order valence-corrected chi connectivity index (χ2v) is 6.06. The summed E-state index contributed by atoms with van der Waals surface area (Å²) in [5, 5.41) is 20.4. The summed E-state index contributed by atoms with van der Waals surface area (Å²) in [6.07, 6.45) is 1.25. The quantitative estimate of drug-likeness (QED) is 0.679. The number of carbonyl (C=O) groups is 1. The van der Waals surface area contributed by atoms with Crippen LogP contribution in [0.2, 0.25) is 0 Å². The first-order chi connectivity index (χ1) is 11.1. The van der Waals surface area contributed by atoms with Gasteiger partial charge in [-0.25, -0.2) is 4.79 Å². The molecule has 24 heavy (non-hydrogen) atoms. The molecule has 8 nitrogen and oxygen atoms in total. The average molecular weight is 332 g/mol. The summed E-state index contributed by atoms with van der Waals surface area (Å²) < 4.78 is 0.801. The molecule has 0 radical (unpaired) electrons. The first-order valence-electron chi connectivity index (χ1n) is 7.03. The van der Waals surface area contributed by atoms with Crippen molar-refractivity contribution in [2.75, 3.05) is 0 Å². The predicted octanol–water partition coefficient (Wildman–Crippen LogP) is 2.35. The highest BCUT2D eigenvalue weighted by Crippen LogP contribution is 2.29. The van der Waals surface area contributed by atoms with Crippen LogP contribution in [0.15, 0.2) is 41.3 Å². The largest absolute Gasteiger partial charge is 0.477 e. The van der Waals surface area contributed by atoms with E-state index in [1.165, 1.54) is 24.4 Å². The monoisotopic (exact) mass is 332 g/mol. The molecule has 0 amide bonds. The van der Waals surface area contributed by atoms with Crippen molar-refractivity contribution in [1.29, 1.82) is 0 Å². The summed E-state index contributed by atoms with van der Waals surface area (Å²) in [5.41, 5.74) is -1.95. The lowest BCUT2D eigenvalue weighted by molar-refractivity contribution is -0.384. The summed E-state index contributed by atoms with van der Waals surface area (Å²) in [7, 11) is 0. The molecule has 1 heterocycles. The molecule has 2 rings (SSSR count). The molecule has 0 saturated heterocycles. The zero-order chi connectivity index (χ0) is 18.1. The minimum atomic E-state index is -1.44. The van der Waals surface area contributed by atoms with E-state index >= 15 is 0 Å². The molecule has 0 aliphatic carbocycles. The highest BCUT2D eigenvalue weighted by atomic mass is 16.7. The lowest BCUT2D eigenvalue weighted by atomic mass is 10.0. The molecule has 0 spiro atoms. The fourth-order valence-electron chi connectivity index (χ4n) is 2.10. The Kier molecular flexibility index (Phi) is 4.41. The first-order valence-corrected chi connectivity index (χ1v) is 7.03. The van der Waals surface area contributed by atoms with Crippen LogP contribution in [0.4, 0.5) is 5.69 Å². The average Bonchev–Trinajstić information content (AvgIpc) is 2.47. The Morgan fingerprint density at radius 1 is 1.29 bits per heavy atom. The number of rotatable bonds is 4. The Hall–Kier alpha value is -3.16. The molecule has 8 heteroatoms. The van der Waals surface area contributed by atoms with Gasteiger partial charge in [0, 0.05) is 11.6 Å². The molecule has 0 atom stereocenters. The second-order valence-electron chi connectivity index (χ2n) is 6.06. The van der Waals surface area contributed by atoms with Crippen LogP contribution in [-0.2, 0) is 0 Å². The number of nitro benzene ring substituents is 1. The maximum Gasteiger partial charge on any atom is 0.341 e. The Balaban J connectivity index is 2.74. The molecule has 0 fully saturated rings. The van der Waals surface area contributed by atoms with Gasteiger partial charge in [-0.1, -0.05) is 12.1 Å². The summed E-state index contributed by atoms with van der Waals surface area (Å²) in [6, 6.07) is 6.97. The van der Waals surface area contributed by atoms with Crippen LogP contribution in [0.25, 0.3) is 11.1 Å². The highest BCUT2D eigenvalue weighted by molar-refractivity contribution is 5.89. The molecule has 0 unspecified atom stereocenters. The molecular weight excluding hydrogens is 316 g/mol. The number of nitrogens with zero attached hydrogens (tertiary/aromatic N) is 2. The van der Waals surface area contributed by atoms with Crippen LogP contribution in [0, 0.1) is 10.1 Å². The molecule has 1 N–H and O–H groups in total. The van der Waals surface area contributed by atoms with E-state index in [9.17, 15) is 24.8 Å². The van der Waals surface area contributed by atoms with Gasteiger partial charge in [0.2, 0.25) is 0 Å². The minimum absolute atomic E-state index is 0.191. The molecule has 0 saturated carbocycles. The van der Waals surface area contributed by atoms with Crippen molar-refractivity contribution in [2.45, 2.75) is 26.4 Å². The van der Waals surface area contributed by atoms with Crippen LogP contribution >= 0.6 is 0 Å². The van der Waals surface area contributed by atoms with E-state index in [2.05, 4.69) is 0 Å². The number of nitro groups is 1. The summed E-state index contributed by atoms with van der Waals surface area (Å²) in [6.45, 7) is 5.08. The zero-order valence-corrected chi connectivity index (χ0v) is 13.3. The summed E-state index contributed by atoms with van der Waals surface area (Å²) in [5.74, 6) is -1.44. The molecular formula is C16H16N2O6. The Labute approximate surface area is 137 Å². The second kappa shape index (κ2) is 6.15. The third-order valence-corrected chi connectivity index (χ3v) is 3.00. The van der Waals surface area contributed by atoms with E-state index in [0.29, 0.717) is 0 Å². The molecule has 0 aliphatic rings. The van der Waals surface area contributed by atoms with E-state index < -0.39 is 27.6 Å². The summed E-state index contributed by atoms with van der Waals surface area (Å²) in [4.78, 5) is 39.6. The van der Waals surface area contributed by atoms with Crippen molar-refractivity contribution in [3.05, 3.63) is 62.6 Å². The van der Waals surface area contributed by atoms with Crippen molar-refractivity contribution < 1.29 is 19.7 Å². The third-order valence-electron chi connectivity index (χ3n) is 3.00. The van der Waals surface area contributed by atoms with E-state index in [0.717, 1.165) is 10.8 Å². The zero-order valence-electron chi connectivity index (χ0n) is 13.3. The molecule has 1 aromatic carbocycles. The Bertz CT molecular complexity index is 864. The number of aromatic carboxylic acids is 1. The van der Waals surface area contributed by atoms with E-state index in [-0.39, 0.29) is 16.8 Å². The van der Waals surface area contributed by atoms with Gasteiger partial charge in [-0.15, -0.1) is 0 Å². The van der Waals surface area contributed by atoms with Crippen LogP contribution in [-0.4, -0.2) is 26.3 Å². The van der Waals surface area contributed by atoms with Gasteiger partial charge in [0.15, 0.2) is 0 Å². The molecule has 0 bridgehead atoms. The number of para-hydroxylation sites is 1. The van der Waals surface area contributed by atoms with Crippen LogP contribution < -0.4 is 10.4 Å². The fourth-order valence-corrected chi connectivity index (χ4v) is 2.10. The van der Waals surface area contributed by atoms with Gasteiger partial charge >= 0.3 is 5.97 Å². The standard InChI is InChI=1S/C16H16N2O6/c1-16(2,3)24-17-9-10(8-12(14(17)19)15(20)21)11-6-4-5-7-13(11)18(22)23/h4-9H,1-3H3,(H,20,21). The maximum absolute atomic E-state index is 12.2. The molecule has 0 aliphatic heterocycles. The third kappa shape index (κ3) is 3.60. The van der Waals surface area contributed by atoms with Crippen molar-refractivity contribution >= 4 is 11.7 Å². The molecule has 1 aromatic heterocycles. The molecule has 2 aromatic rings. The number of carboxylic acids is 1. The predicted molar refractivity (Wildman–Crippen MR) is 86.1 cm³/mol. The van der Waals surface area contributed by atoms with Gasteiger partial charge < -0.3 is 9.94 Å². The topological polar surface area (TPSA) is 112 Å². The minimum Gasteiger partial charge on any atom is -0.477 e. The van der Waals surface area contributed by atoms with Gasteiger partial charge in [-0.2, -0.15) is 4.73 Å².